The molecule has 16 aromatic carbocycles. The molecule has 0 amide bonds. The number of rotatable bonds is 8. The average Bonchev–Trinajstić information content (AvgIpc) is 1.54. The van der Waals surface area contributed by atoms with Crippen molar-refractivity contribution >= 4 is 150 Å². The molecule has 0 atom stereocenters. The van der Waals surface area contributed by atoms with Crippen LogP contribution in [-0.4, -0.2) is 29.1 Å². The molecule has 0 aliphatic carbocycles. The number of aromatic nitrogens is 6. The molecule has 484 valence electrons. The average molecular weight is 1360 g/mol. The Kier molecular flexibility index (Phi) is 13.9. The molecular formula is C96H58N6S2. The second-order valence-corrected chi connectivity index (χ2v) is 28.8. The third kappa shape index (κ3) is 9.61. The fourth-order valence-electron chi connectivity index (χ4n) is 16.1. The first-order valence-corrected chi connectivity index (χ1v) is 36.8. The molecule has 0 bridgehead atoms. The van der Waals surface area contributed by atoms with Gasteiger partial charge in [-0.05, 0) is 99.8 Å². The fourth-order valence-corrected chi connectivity index (χ4v) is 18.6. The van der Waals surface area contributed by atoms with E-state index >= 15 is 0 Å². The van der Waals surface area contributed by atoms with E-state index in [1.807, 2.05) is 22.7 Å². The van der Waals surface area contributed by atoms with Crippen molar-refractivity contribution in [3.8, 4) is 78.9 Å². The van der Waals surface area contributed by atoms with E-state index in [0.717, 1.165) is 72.4 Å². The van der Waals surface area contributed by atoms with E-state index in [1.54, 1.807) is 0 Å². The lowest BCUT2D eigenvalue weighted by Crippen LogP contribution is -1.98. The lowest BCUT2D eigenvalue weighted by Gasteiger charge is -2.13. The molecular weight excluding hydrogens is 1300 g/mol. The topological polar surface area (TPSA) is 61.4 Å². The summed E-state index contributed by atoms with van der Waals surface area (Å²) in [4.78, 5) is 20.9. The van der Waals surface area contributed by atoms with Crippen molar-refractivity contribution in [2.75, 3.05) is 0 Å². The molecule has 0 saturated carbocycles. The lowest BCUT2D eigenvalue weighted by atomic mass is 9.99. The van der Waals surface area contributed by atoms with E-state index in [1.165, 1.54) is 122 Å². The van der Waals surface area contributed by atoms with Crippen molar-refractivity contribution in [1.29, 1.82) is 0 Å². The van der Waals surface area contributed by atoms with Gasteiger partial charge in [0, 0.05) is 117 Å². The Morgan fingerprint density at radius 2 is 0.558 bits per heavy atom. The second kappa shape index (κ2) is 24.3. The van der Waals surface area contributed by atoms with E-state index in [2.05, 4.69) is 361 Å². The highest BCUT2D eigenvalue weighted by atomic mass is 32.1. The monoisotopic (exact) mass is 1360 g/mol. The number of fused-ring (bicyclic) bond motifs is 22. The summed E-state index contributed by atoms with van der Waals surface area (Å²) in [6.07, 6.45) is 0. The first-order valence-electron chi connectivity index (χ1n) is 35.2. The van der Waals surface area contributed by atoms with E-state index in [-0.39, 0.29) is 0 Å². The van der Waals surface area contributed by atoms with Crippen LogP contribution in [0, 0.1) is 0 Å². The maximum Gasteiger partial charge on any atom is 0.160 e. The Labute approximate surface area is 605 Å². The molecule has 0 saturated heterocycles. The van der Waals surface area contributed by atoms with Crippen molar-refractivity contribution in [3.63, 3.8) is 0 Å². The molecule has 0 aliphatic rings. The maximum absolute atomic E-state index is 5.33. The summed E-state index contributed by atoms with van der Waals surface area (Å²) in [6, 6.07) is 126. The largest absolute Gasteiger partial charge is 0.309 e. The van der Waals surface area contributed by atoms with Crippen LogP contribution >= 0.6 is 22.7 Å². The normalized spacial score (nSPS) is 11.8. The van der Waals surface area contributed by atoms with Crippen molar-refractivity contribution in [1.82, 2.24) is 29.1 Å². The highest BCUT2D eigenvalue weighted by Gasteiger charge is 2.25. The van der Waals surface area contributed by atoms with Crippen LogP contribution in [0.5, 0.6) is 0 Å². The van der Waals surface area contributed by atoms with Crippen LogP contribution in [0.15, 0.2) is 352 Å². The zero-order valence-electron chi connectivity index (χ0n) is 56.0. The van der Waals surface area contributed by atoms with Crippen LogP contribution in [0.2, 0.25) is 0 Å². The van der Waals surface area contributed by atoms with Gasteiger partial charge in [-0.15, -0.1) is 22.7 Å². The molecule has 0 fully saturated rings. The van der Waals surface area contributed by atoms with E-state index in [0.29, 0.717) is 11.6 Å². The molecule has 0 radical (unpaired) electrons. The van der Waals surface area contributed by atoms with Gasteiger partial charge in [-0.1, -0.05) is 285 Å². The molecule has 104 heavy (non-hydrogen) atoms. The van der Waals surface area contributed by atoms with Crippen LogP contribution in [-0.2, 0) is 0 Å². The minimum Gasteiger partial charge on any atom is -0.309 e. The summed E-state index contributed by atoms with van der Waals surface area (Å²) >= 11 is 3.77. The highest BCUT2D eigenvalue weighted by molar-refractivity contribution is 7.27. The molecule has 6 nitrogen and oxygen atoms in total. The summed E-state index contributed by atoms with van der Waals surface area (Å²) < 4.78 is 10.2. The van der Waals surface area contributed by atoms with Gasteiger partial charge in [0.1, 0.15) is 0 Å². The van der Waals surface area contributed by atoms with Crippen LogP contribution < -0.4 is 0 Å². The summed E-state index contributed by atoms with van der Waals surface area (Å²) in [5.74, 6) is 1.41. The molecule has 6 heterocycles. The van der Waals surface area contributed by atoms with E-state index < -0.39 is 0 Å². The van der Waals surface area contributed by atoms with Crippen LogP contribution in [0.3, 0.4) is 0 Å². The quantitative estimate of drug-likeness (QED) is 0.152. The van der Waals surface area contributed by atoms with Gasteiger partial charge in [0.15, 0.2) is 11.6 Å². The molecule has 22 rings (SSSR count). The summed E-state index contributed by atoms with van der Waals surface area (Å²) in [6.45, 7) is 0. The van der Waals surface area contributed by atoms with Gasteiger partial charge >= 0.3 is 0 Å². The minimum atomic E-state index is 0.706. The number of nitrogens with zero attached hydrogens (tertiary/aromatic N) is 6. The third-order valence-corrected chi connectivity index (χ3v) is 23.1. The molecule has 6 aromatic heterocycles. The predicted molar refractivity (Wildman–Crippen MR) is 441 cm³/mol. The van der Waals surface area contributed by atoms with Crippen molar-refractivity contribution in [2.24, 2.45) is 0 Å². The zero-order chi connectivity index (χ0) is 68.3. The second-order valence-electron chi connectivity index (χ2n) is 26.7. The highest BCUT2D eigenvalue weighted by Crippen LogP contribution is 2.51. The van der Waals surface area contributed by atoms with Gasteiger partial charge in [0.05, 0.1) is 44.5 Å². The standard InChI is InChI=1S/2C48H29N3S/c1-2-14-30(15-3-1)31-16-12-17-32(28-31)45-37-22-6-9-25-40(37)49-48(50-45)33-18-13-19-34(29-33)51-41-26-10-7-23-38(41)43-35-20-4-5-21-36(35)47-44(46(43)51)39-24-8-11-27-42(39)52-47;1-2-13-30(14-3-1)31-25-27-32(28-26-31)45-37-19-6-9-22-40(37)49-48(50-45)33-15-12-16-34(29-33)51-41-23-10-7-20-38(41)43-35-17-4-5-18-36(35)47-44(46(43)51)39-21-8-11-24-42(39)52-47/h2*1-29H. The first-order chi connectivity index (χ1) is 51.6. The zero-order valence-corrected chi connectivity index (χ0v) is 57.6. The van der Waals surface area contributed by atoms with E-state index in [4.69, 9.17) is 19.9 Å². The van der Waals surface area contributed by atoms with Crippen molar-refractivity contribution in [2.45, 2.75) is 0 Å². The number of hydrogen-bond donors (Lipinski definition) is 0. The van der Waals surface area contributed by atoms with Gasteiger partial charge in [-0.2, -0.15) is 0 Å². The Balaban J connectivity index is 0.000000134. The van der Waals surface area contributed by atoms with Gasteiger partial charge in [-0.3, -0.25) is 0 Å². The van der Waals surface area contributed by atoms with Gasteiger partial charge < -0.3 is 9.13 Å². The molecule has 0 N–H and O–H groups in total. The Hall–Kier alpha value is -13.2. The molecule has 0 unspecified atom stereocenters. The number of para-hydroxylation sites is 4. The first kappa shape index (κ1) is 59.6. The molecule has 22 aromatic rings. The smallest absolute Gasteiger partial charge is 0.160 e. The Bertz CT molecular complexity index is 7230. The Morgan fingerprint density at radius 1 is 0.212 bits per heavy atom. The predicted octanol–water partition coefficient (Wildman–Crippen LogP) is 26.5. The maximum atomic E-state index is 5.33. The molecule has 8 heteroatoms. The van der Waals surface area contributed by atoms with Crippen molar-refractivity contribution in [3.05, 3.63) is 352 Å². The summed E-state index contributed by atoms with van der Waals surface area (Å²) in [5, 5.41) is 17.5. The summed E-state index contributed by atoms with van der Waals surface area (Å²) in [7, 11) is 0. The minimum absolute atomic E-state index is 0.706. The SMILES string of the molecule is c1ccc(-c2ccc(-c3nc(-c4cccc(-n5c6ccccc6c6c7ccccc7c7sc8ccccc8c7c65)c4)nc4ccccc34)cc2)cc1.c1ccc(-c2cccc(-c3nc(-c4cccc(-n5c6ccccc6c6c7ccccc7c7sc8ccccc8c7c65)c4)nc4ccccc34)c2)cc1. The van der Waals surface area contributed by atoms with Crippen LogP contribution in [0.4, 0.5) is 0 Å². The number of thiophene rings is 2. The molecule has 0 spiro atoms. The van der Waals surface area contributed by atoms with Gasteiger partial charge in [0.25, 0.3) is 0 Å². The third-order valence-electron chi connectivity index (χ3n) is 20.7. The number of benzene rings is 16. The van der Waals surface area contributed by atoms with Crippen LogP contribution in [0.1, 0.15) is 0 Å². The fraction of sp³-hybridized carbons (Fsp3) is 0. The number of hydrogen-bond acceptors (Lipinski definition) is 6. The van der Waals surface area contributed by atoms with Crippen LogP contribution in [0.25, 0.3) is 206 Å². The van der Waals surface area contributed by atoms with E-state index in [9.17, 15) is 0 Å². The van der Waals surface area contributed by atoms with Crippen molar-refractivity contribution < 1.29 is 0 Å². The van der Waals surface area contributed by atoms with Gasteiger partial charge in [0.2, 0.25) is 0 Å². The lowest BCUT2D eigenvalue weighted by molar-refractivity contribution is 1.18. The Morgan fingerprint density at radius 3 is 1.06 bits per heavy atom. The van der Waals surface area contributed by atoms with Gasteiger partial charge in [-0.25, -0.2) is 19.9 Å². The molecule has 0 aliphatic heterocycles. The summed E-state index contributed by atoms with van der Waals surface area (Å²) in [5.41, 5.74) is 19.5.